The molecule has 0 unspecified atom stereocenters. The summed E-state index contributed by atoms with van der Waals surface area (Å²) in [6.07, 6.45) is 3.46. The van der Waals surface area contributed by atoms with Gasteiger partial charge in [-0.15, -0.1) is 0 Å². The Morgan fingerprint density at radius 1 is 1.58 bits per heavy atom. The fraction of sp³-hybridized carbons (Fsp3) is 0.375. The zero-order valence-electron chi connectivity index (χ0n) is 7.36. The third-order valence-corrected chi connectivity index (χ3v) is 1.49. The summed E-state index contributed by atoms with van der Waals surface area (Å²) in [5, 5.41) is 0. The van der Waals surface area contributed by atoms with E-state index in [9.17, 15) is 0 Å². The predicted molar refractivity (Wildman–Crippen MR) is 48.3 cm³/mol. The van der Waals surface area contributed by atoms with E-state index in [1.165, 1.54) is 0 Å². The van der Waals surface area contributed by atoms with E-state index in [0.717, 1.165) is 5.46 Å². The standard InChI is InChI=1S/C8H12BNO2/c1-3-12-9(11-2)8-5-4-6-10-7-8/h4-7H,3H2,1-2H3. The lowest BCUT2D eigenvalue weighted by atomic mass is 9.80. The van der Waals surface area contributed by atoms with E-state index in [1.54, 1.807) is 19.5 Å². The summed E-state index contributed by atoms with van der Waals surface area (Å²) in [5.41, 5.74) is 0.946. The topological polar surface area (TPSA) is 31.4 Å². The van der Waals surface area contributed by atoms with Crippen molar-refractivity contribution in [1.82, 2.24) is 4.98 Å². The first-order valence-corrected chi connectivity index (χ1v) is 3.92. The Morgan fingerprint density at radius 3 is 2.92 bits per heavy atom. The highest BCUT2D eigenvalue weighted by molar-refractivity contribution is 6.61. The normalized spacial score (nSPS) is 9.83. The molecular formula is C8H12BNO2. The summed E-state index contributed by atoms with van der Waals surface area (Å²) in [5.74, 6) is 0. The van der Waals surface area contributed by atoms with Crippen LogP contribution in [0.15, 0.2) is 24.5 Å². The highest BCUT2D eigenvalue weighted by atomic mass is 16.6. The fourth-order valence-electron chi connectivity index (χ4n) is 0.967. The number of nitrogens with zero attached hydrogens (tertiary/aromatic N) is 1. The van der Waals surface area contributed by atoms with Gasteiger partial charge in [0.25, 0.3) is 0 Å². The summed E-state index contributed by atoms with van der Waals surface area (Å²) >= 11 is 0. The van der Waals surface area contributed by atoms with Gasteiger partial charge in [-0.05, 0) is 13.0 Å². The lowest BCUT2D eigenvalue weighted by molar-refractivity contribution is 0.253. The lowest BCUT2D eigenvalue weighted by Crippen LogP contribution is -2.35. The molecule has 0 saturated carbocycles. The highest BCUT2D eigenvalue weighted by Crippen LogP contribution is 1.89. The SMILES string of the molecule is CCOB(OC)c1cccnc1. The molecule has 0 spiro atoms. The van der Waals surface area contributed by atoms with Gasteiger partial charge in [0.05, 0.1) is 0 Å². The Kier molecular flexibility index (Phi) is 3.77. The molecule has 0 aromatic carbocycles. The van der Waals surface area contributed by atoms with Crippen molar-refractivity contribution in [3.63, 3.8) is 0 Å². The molecule has 3 nitrogen and oxygen atoms in total. The summed E-state index contributed by atoms with van der Waals surface area (Å²) < 4.78 is 10.4. The van der Waals surface area contributed by atoms with Crippen LogP contribution in [0.5, 0.6) is 0 Å². The summed E-state index contributed by atoms with van der Waals surface area (Å²) in [7, 11) is 1.33. The second kappa shape index (κ2) is 4.90. The summed E-state index contributed by atoms with van der Waals surface area (Å²) in [4.78, 5) is 3.98. The van der Waals surface area contributed by atoms with E-state index < -0.39 is 0 Å². The Balaban J connectivity index is 2.66. The lowest BCUT2D eigenvalue weighted by Gasteiger charge is -2.09. The number of pyridine rings is 1. The van der Waals surface area contributed by atoms with Crippen LogP contribution in [0.2, 0.25) is 0 Å². The smallest absolute Gasteiger partial charge is 0.410 e. The van der Waals surface area contributed by atoms with Gasteiger partial charge in [0.1, 0.15) is 0 Å². The highest BCUT2D eigenvalue weighted by Gasteiger charge is 2.18. The zero-order valence-corrected chi connectivity index (χ0v) is 7.36. The first-order valence-electron chi connectivity index (χ1n) is 3.92. The van der Waals surface area contributed by atoms with E-state index in [-0.39, 0.29) is 7.12 Å². The predicted octanol–water partition coefficient (Wildman–Crippen LogP) is 0.460. The maximum Gasteiger partial charge on any atom is 0.495 e. The third kappa shape index (κ3) is 2.32. The van der Waals surface area contributed by atoms with Crippen molar-refractivity contribution >= 4 is 12.6 Å². The minimum atomic E-state index is -0.288. The molecule has 0 aliphatic rings. The van der Waals surface area contributed by atoms with E-state index in [1.807, 2.05) is 19.1 Å². The Hall–Kier alpha value is -0.865. The molecule has 1 rings (SSSR count). The van der Waals surface area contributed by atoms with Gasteiger partial charge in [0, 0.05) is 31.6 Å². The van der Waals surface area contributed by atoms with Crippen LogP contribution in [0.3, 0.4) is 0 Å². The van der Waals surface area contributed by atoms with Crippen LogP contribution in [-0.4, -0.2) is 25.8 Å². The largest absolute Gasteiger partial charge is 0.495 e. The van der Waals surface area contributed by atoms with Crippen LogP contribution in [0, 0.1) is 0 Å². The zero-order chi connectivity index (χ0) is 8.81. The van der Waals surface area contributed by atoms with Gasteiger partial charge in [-0.2, -0.15) is 0 Å². The van der Waals surface area contributed by atoms with Crippen molar-refractivity contribution in [2.75, 3.05) is 13.7 Å². The molecule has 0 radical (unpaired) electrons. The molecule has 0 aliphatic carbocycles. The van der Waals surface area contributed by atoms with Crippen LogP contribution in [-0.2, 0) is 9.31 Å². The van der Waals surface area contributed by atoms with Gasteiger partial charge < -0.3 is 9.31 Å². The van der Waals surface area contributed by atoms with Crippen molar-refractivity contribution in [2.45, 2.75) is 6.92 Å². The van der Waals surface area contributed by atoms with E-state index >= 15 is 0 Å². The summed E-state index contributed by atoms with van der Waals surface area (Å²) in [6, 6.07) is 3.79. The Morgan fingerprint density at radius 2 is 2.42 bits per heavy atom. The fourth-order valence-corrected chi connectivity index (χ4v) is 0.967. The average molecular weight is 165 g/mol. The molecule has 1 heterocycles. The molecule has 0 saturated heterocycles. The molecule has 0 fully saturated rings. The van der Waals surface area contributed by atoms with Gasteiger partial charge in [-0.1, -0.05) is 6.07 Å². The molecule has 12 heavy (non-hydrogen) atoms. The quantitative estimate of drug-likeness (QED) is 0.607. The van der Waals surface area contributed by atoms with Gasteiger partial charge in [0.2, 0.25) is 0 Å². The Bertz CT molecular complexity index is 218. The number of hydrogen-bond acceptors (Lipinski definition) is 3. The second-order valence-electron chi connectivity index (χ2n) is 2.31. The number of aromatic nitrogens is 1. The van der Waals surface area contributed by atoms with Crippen molar-refractivity contribution in [2.24, 2.45) is 0 Å². The molecule has 0 N–H and O–H groups in total. The molecule has 0 atom stereocenters. The van der Waals surface area contributed by atoms with Crippen LogP contribution >= 0.6 is 0 Å². The molecule has 1 aromatic heterocycles. The maximum absolute atomic E-state index is 5.31. The average Bonchev–Trinajstić information content (AvgIpc) is 2.15. The molecular weight excluding hydrogens is 153 g/mol. The summed E-state index contributed by atoms with van der Waals surface area (Å²) in [6.45, 7) is 2.57. The van der Waals surface area contributed by atoms with Crippen LogP contribution in [0.25, 0.3) is 0 Å². The van der Waals surface area contributed by atoms with Gasteiger partial charge in [-0.25, -0.2) is 0 Å². The monoisotopic (exact) mass is 165 g/mol. The van der Waals surface area contributed by atoms with Crippen LogP contribution in [0.4, 0.5) is 0 Å². The molecule has 0 aliphatic heterocycles. The van der Waals surface area contributed by atoms with Crippen molar-refractivity contribution in [1.29, 1.82) is 0 Å². The molecule has 64 valence electrons. The first-order chi connectivity index (χ1) is 5.88. The van der Waals surface area contributed by atoms with E-state index in [4.69, 9.17) is 9.31 Å². The van der Waals surface area contributed by atoms with Gasteiger partial charge in [-0.3, -0.25) is 4.98 Å². The Labute approximate surface area is 72.9 Å². The van der Waals surface area contributed by atoms with Gasteiger partial charge in [0.15, 0.2) is 0 Å². The molecule has 0 amide bonds. The van der Waals surface area contributed by atoms with E-state index in [0.29, 0.717) is 6.61 Å². The van der Waals surface area contributed by atoms with Crippen molar-refractivity contribution in [3.8, 4) is 0 Å². The molecule has 0 bridgehead atoms. The minimum absolute atomic E-state index is 0.288. The van der Waals surface area contributed by atoms with Crippen LogP contribution < -0.4 is 5.46 Å². The maximum atomic E-state index is 5.31. The second-order valence-corrected chi connectivity index (χ2v) is 2.31. The van der Waals surface area contributed by atoms with Crippen molar-refractivity contribution < 1.29 is 9.31 Å². The minimum Gasteiger partial charge on any atom is -0.410 e. The van der Waals surface area contributed by atoms with Crippen molar-refractivity contribution in [3.05, 3.63) is 24.5 Å². The third-order valence-electron chi connectivity index (χ3n) is 1.49. The first kappa shape index (κ1) is 9.22. The number of rotatable bonds is 4. The molecule has 1 aromatic rings. The van der Waals surface area contributed by atoms with E-state index in [2.05, 4.69) is 4.98 Å². The molecule has 4 heteroatoms. The number of hydrogen-bond donors (Lipinski definition) is 0. The van der Waals surface area contributed by atoms with Gasteiger partial charge >= 0.3 is 7.12 Å². The van der Waals surface area contributed by atoms with Crippen LogP contribution in [0.1, 0.15) is 6.92 Å².